The van der Waals surface area contributed by atoms with E-state index in [1.165, 1.54) is 0 Å². The highest BCUT2D eigenvalue weighted by Gasteiger charge is 2.54. The van der Waals surface area contributed by atoms with Crippen LogP contribution >= 0.6 is 0 Å². The molecule has 0 aromatic heterocycles. The Hall–Kier alpha value is -0.260. The van der Waals surface area contributed by atoms with Crippen molar-refractivity contribution in [3.63, 3.8) is 0 Å². The van der Waals surface area contributed by atoms with Gasteiger partial charge in [-0.15, -0.1) is 0 Å². The molecule has 2 aliphatic heterocycles. The van der Waals surface area contributed by atoms with Crippen LogP contribution in [-0.2, 0) is 37.5 Å². The summed E-state index contributed by atoms with van der Waals surface area (Å²) in [6.07, 6.45) is -0.803. The first-order valence-corrected chi connectivity index (χ1v) is 12.0. The van der Waals surface area contributed by atoms with Crippen molar-refractivity contribution >= 4 is 20.8 Å². The summed E-state index contributed by atoms with van der Waals surface area (Å²) in [5.74, 6) is -0.00973. The van der Waals surface area contributed by atoms with Gasteiger partial charge in [0.05, 0.1) is 0 Å². The van der Waals surface area contributed by atoms with Gasteiger partial charge in [0, 0.05) is 0 Å². The third-order valence-electron chi connectivity index (χ3n) is 5.61. The molecule has 0 N–H and O–H groups in total. The van der Waals surface area contributed by atoms with E-state index in [1.54, 1.807) is 0 Å². The highest BCUT2D eigenvalue weighted by molar-refractivity contribution is 7.82. The van der Waals surface area contributed by atoms with Crippen molar-refractivity contribution in [3.8, 4) is 0 Å². The Morgan fingerprint density at radius 1 is 0.815 bits per heavy atom. The van der Waals surface area contributed by atoms with Crippen molar-refractivity contribution in [1.29, 1.82) is 0 Å². The molecule has 0 aromatic carbocycles. The zero-order chi connectivity index (χ0) is 20.8. The summed E-state index contributed by atoms with van der Waals surface area (Å²) in [5, 5.41) is 0. The molecular weight excluding hydrogens is 396 g/mol. The average molecular weight is 429 g/mol. The smallest absolute Gasteiger partial charge is 0.242 e. The lowest BCUT2D eigenvalue weighted by Crippen LogP contribution is -2.47. The minimum atomic E-state index is -4.04. The van der Waals surface area contributed by atoms with Gasteiger partial charge in [0.1, 0.15) is 24.4 Å². The van der Waals surface area contributed by atoms with Crippen molar-refractivity contribution in [3.05, 3.63) is 0 Å². The highest BCUT2D eigenvalue weighted by Crippen LogP contribution is 2.48. The normalized spacial score (nSPS) is 34.6. The lowest BCUT2D eigenvalue weighted by Gasteiger charge is -2.42. The van der Waals surface area contributed by atoms with Gasteiger partial charge in [-0.3, -0.25) is 0 Å². The first-order valence-electron chi connectivity index (χ1n) is 9.37. The van der Waals surface area contributed by atoms with E-state index in [1.807, 2.05) is 48.5 Å². The van der Waals surface area contributed by atoms with Crippen molar-refractivity contribution in [1.82, 2.24) is 0 Å². The molecule has 160 valence electrons. The van der Waals surface area contributed by atoms with Gasteiger partial charge >= 0.3 is 20.8 Å². The quantitative estimate of drug-likeness (QED) is 0.609. The molecule has 0 spiro atoms. The van der Waals surface area contributed by atoms with Gasteiger partial charge in [0.25, 0.3) is 0 Å². The fourth-order valence-corrected chi connectivity index (χ4v) is 6.75. The molecule has 2 fully saturated rings. The molecule has 0 saturated carbocycles. The number of hydrogen-bond donors (Lipinski definition) is 0. The summed E-state index contributed by atoms with van der Waals surface area (Å²) in [6, 6.07) is 0. The average Bonchev–Trinajstić information content (AvgIpc) is 3.02. The van der Waals surface area contributed by atoms with Gasteiger partial charge < -0.3 is 0 Å². The third-order valence-corrected chi connectivity index (χ3v) is 7.44. The summed E-state index contributed by atoms with van der Waals surface area (Å²) in [4.78, 5) is 0. The maximum Gasteiger partial charge on any atom is 0.400 e. The van der Waals surface area contributed by atoms with Crippen molar-refractivity contribution in [2.24, 2.45) is 16.7 Å². The van der Waals surface area contributed by atoms with Crippen LogP contribution in [0.4, 0.5) is 0 Å². The number of hydrogen-bond acceptors (Lipinski definition) is 8. The molecular formula is C17H32O8S2. The maximum atomic E-state index is 12.0. The Labute approximate surface area is 163 Å². The standard InChI is InChI=1S/C17H32O8S2/c1-8-11(3)13-15(25-27(20,21)23-13)17(6,7)10-16(4,5)14-12(9-2)22-26(18,19)24-14/h11-15H,8-10H2,1-7H3. The van der Waals surface area contributed by atoms with Crippen LogP contribution in [0.15, 0.2) is 0 Å². The second-order valence-electron chi connectivity index (χ2n) is 8.99. The summed E-state index contributed by atoms with van der Waals surface area (Å²) < 4.78 is 68.3. The van der Waals surface area contributed by atoms with E-state index < -0.39 is 56.0 Å². The zero-order valence-corrected chi connectivity index (χ0v) is 18.7. The van der Waals surface area contributed by atoms with E-state index in [0.717, 1.165) is 6.42 Å². The van der Waals surface area contributed by atoms with Crippen LogP contribution in [0, 0.1) is 16.7 Å². The Morgan fingerprint density at radius 3 is 1.81 bits per heavy atom. The van der Waals surface area contributed by atoms with Crippen LogP contribution < -0.4 is 0 Å². The summed E-state index contributed by atoms with van der Waals surface area (Å²) >= 11 is 0. The molecule has 0 aliphatic carbocycles. The summed E-state index contributed by atoms with van der Waals surface area (Å²) in [7, 11) is -8.06. The predicted octanol–water partition coefficient (Wildman–Crippen LogP) is 2.94. The van der Waals surface area contributed by atoms with E-state index in [9.17, 15) is 16.8 Å². The molecule has 8 nitrogen and oxygen atoms in total. The van der Waals surface area contributed by atoms with E-state index in [2.05, 4.69) is 0 Å². The maximum absolute atomic E-state index is 12.0. The molecule has 2 rings (SSSR count). The lowest BCUT2D eigenvalue weighted by molar-refractivity contribution is -0.0375. The van der Waals surface area contributed by atoms with Crippen LogP contribution in [-0.4, -0.2) is 41.3 Å². The van der Waals surface area contributed by atoms with Crippen molar-refractivity contribution in [2.45, 2.75) is 92.1 Å². The van der Waals surface area contributed by atoms with E-state index in [4.69, 9.17) is 16.7 Å². The molecule has 5 atom stereocenters. The lowest BCUT2D eigenvalue weighted by atomic mass is 9.66. The van der Waals surface area contributed by atoms with Gasteiger partial charge in [0.2, 0.25) is 0 Å². The molecule has 27 heavy (non-hydrogen) atoms. The topological polar surface area (TPSA) is 105 Å². The molecule has 0 bridgehead atoms. The van der Waals surface area contributed by atoms with Crippen LogP contribution in [0.3, 0.4) is 0 Å². The Kier molecular flexibility index (Phi) is 6.42. The van der Waals surface area contributed by atoms with Gasteiger partial charge in [-0.05, 0) is 29.6 Å². The van der Waals surface area contributed by atoms with Crippen LogP contribution in [0.2, 0.25) is 0 Å². The molecule has 2 heterocycles. The number of rotatable bonds is 7. The minimum Gasteiger partial charge on any atom is -0.242 e. The van der Waals surface area contributed by atoms with Crippen LogP contribution in [0.1, 0.15) is 67.7 Å². The van der Waals surface area contributed by atoms with Crippen molar-refractivity contribution < 1.29 is 33.6 Å². The first kappa shape index (κ1) is 23.0. The molecule has 2 aliphatic rings. The third kappa shape index (κ3) is 5.02. The van der Waals surface area contributed by atoms with Gasteiger partial charge in [0.15, 0.2) is 0 Å². The van der Waals surface area contributed by atoms with Gasteiger partial charge in [-0.25, -0.2) is 16.7 Å². The summed E-state index contributed by atoms with van der Waals surface area (Å²) in [5.41, 5.74) is -1.22. The minimum absolute atomic E-state index is 0.00973. The monoisotopic (exact) mass is 428 g/mol. The van der Waals surface area contributed by atoms with Gasteiger partial charge in [-0.2, -0.15) is 16.8 Å². The molecule has 2 saturated heterocycles. The van der Waals surface area contributed by atoms with E-state index >= 15 is 0 Å². The second-order valence-corrected chi connectivity index (χ2v) is 11.4. The molecule has 10 heteroatoms. The fraction of sp³-hybridized carbons (Fsp3) is 1.00. The fourth-order valence-electron chi connectivity index (χ4n) is 4.30. The van der Waals surface area contributed by atoms with E-state index in [0.29, 0.717) is 12.8 Å². The molecule has 0 aromatic rings. The molecule has 0 radical (unpaired) electrons. The second kappa shape index (κ2) is 7.53. The molecule has 5 unspecified atom stereocenters. The van der Waals surface area contributed by atoms with Gasteiger partial charge in [-0.1, -0.05) is 54.9 Å². The van der Waals surface area contributed by atoms with Crippen LogP contribution in [0.5, 0.6) is 0 Å². The molecule has 0 amide bonds. The van der Waals surface area contributed by atoms with Crippen molar-refractivity contribution in [2.75, 3.05) is 0 Å². The Morgan fingerprint density at radius 2 is 1.30 bits per heavy atom. The predicted molar refractivity (Wildman–Crippen MR) is 99.3 cm³/mol. The Bertz CT molecular complexity index is 741. The van der Waals surface area contributed by atoms with E-state index in [-0.39, 0.29) is 5.92 Å². The zero-order valence-electron chi connectivity index (χ0n) is 17.1. The Balaban J connectivity index is 2.27. The largest absolute Gasteiger partial charge is 0.400 e. The first-order chi connectivity index (χ1) is 12.1. The van der Waals surface area contributed by atoms with Crippen LogP contribution in [0.25, 0.3) is 0 Å². The highest BCUT2D eigenvalue weighted by atomic mass is 32.3. The summed E-state index contributed by atoms with van der Waals surface area (Å²) in [6.45, 7) is 13.3. The SMILES string of the molecule is CCC(C)C1OS(=O)(=O)OC1C(C)(C)CC(C)(C)C1OS(=O)(=O)OC1CC.